The summed E-state index contributed by atoms with van der Waals surface area (Å²) in [4.78, 5) is 43.7. The lowest BCUT2D eigenvalue weighted by Crippen LogP contribution is -2.52. The highest BCUT2D eigenvalue weighted by atomic mass is 16.2. The fraction of sp³-hybridized carbons (Fsp3) is 0.650. The van der Waals surface area contributed by atoms with Crippen LogP contribution in [0.25, 0.3) is 0 Å². The molecule has 1 aromatic heterocycles. The standard InChI is InChI=1S/C20H26N4O3/c25-18(14-5-6-14)23-10-2-4-17(23)19(26)21-11-7-15(8-12-21)24-13-16-3-1-9-22(16)20(24)27/h1,3,9,14-15,17H,2,4-8,10-13H2. The maximum absolute atomic E-state index is 13.0. The van der Waals surface area contributed by atoms with Crippen LogP contribution >= 0.6 is 0 Å². The smallest absolute Gasteiger partial charge is 0.329 e. The van der Waals surface area contributed by atoms with Gasteiger partial charge in [0.1, 0.15) is 6.04 Å². The Balaban J connectivity index is 1.19. The molecule has 3 fully saturated rings. The summed E-state index contributed by atoms with van der Waals surface area (Å²) in [6, 6.07) is 3.87. The molecule has 7 heteroatoms. The second-order valence-electron chi connectivity index (χ2n) is 8.30. The molecule has 3 aliphatic heterocycles. The molecule has 0 N–H and O–H groups in total. The van der Waals surface area contributed by atoms with Crippen LogP contribution in [0.3, 0.4) is 0 Å². The minimum atomic E-state index is -0.260. The number of aromatic nitrogens is 1. The van der Waals surface area contributed by atoms with Crippen LogP contribution in [0.15, 0.2) is 18.3 Å². The summed E-state index contributed by atoms with van der Waals surface area (Å²) >= 11 is 0. The molecule has 1 atom stereocenters. The monoisotopic (exact) mass is 370 g/mol. The molecule has 4 heterocycles. The van der Waals surface area contributed by atoms with E-state index in [2.05, 4.69) is 0 Å². The molecule has 4 aliphatic rings. The zero-order valence-electron chi connectivity index (χ0n) is 15.5. The third-order valence-electron chi connectivity index (χ3n) is 6.58. The topological polar surface area (TPSA) is 65.9 Å². The lowest BCUT2D eigenvalue weighted by Gasteiger charge is -2.38. The van der Waals surface area contributed by atoms with E-state index < -0.39 is 0 Å². The molecule has 5 rings (SSSR count). The van der Waals surface area contributed by atoms with Gasteiger partial charge in [-0.3, -0.25) is 14.2 Å². The molecule has 7 nitrogen and oxygen atoms in total. The number of nitrogens with zero attached hydrogens (tertiary/aromatic N) is 4. The van der Waals surface area contributed by atoms with Gasteiger partial charge in [-0.15, -0.1) is 0 Å². The van der Waals surface area contributed by atoms with E-state index >= 15 is 0 Å². The van der Waals surface area contributed by atoms with Gasteiger partial charge in [-0.2, -0.15) is 0 Å². The van der Waals surface area contributed by atoms with Gasteiger partial charge in [0.05, 0.1) is 6.54 Å². The van der Waals surface area contributed by atoms with E-state index in [0.29, 0.717) is 19.6 Å². The van der Waals surface area contributed by atoms with Gasteiger partial charge in [-0.05, 0) is 50.7 Å². The van der Waals surface area contributed by atoms with Crippen LogP contribution in [-0.2, 0) is 16.1 Å². The highest BCUT2D eigenvalue weighted by molar-refractivity contribution is 5.90. The molecule has 3 amide bonds. The Bertz CT molecular complexity index is 776. The van der Waals surface area contributed by atoms with Crippen LogP contribution in [0.1, 0.15) is 44.2 Å². The molecule has 2 saturated heterocycles. The first-order chi connectivity index (χ1) is 13.1. The molecule has 1 saturated carbocycles. The second-order valence-corrected chi connectivity index (χ2v) is 8.30. The first-order valence-corrected chi connectivity index (χ1v) is 10.2. The maximum atomic E-state index is 13.0. The van der Waals surface area contributed by atoms with Crippen LogP contribution in [0.2, 0.25) is 0 Å². The molecule has 0 aromatic carbocycles. The van der Waals surface area contributed by atoms with Crippen LogP contribution in [0.4, 0.5) is 4.79 Å². The third-order valence-corrected chi connectivity index (χ3v) is 6.58. The van der Waals surface area contributed by atoms with Crippen molar-refractivity contribution in [2.45, 2.75) is 57.2 Å². The summed E-state index contributed by atoms with van der Waals surface area (Å²) in [6.45, 7) is 2.73. The number of hydrogen-bond donors (Lipinski definition) is 0. The molecular formula is C20H26N4O3. The third kappa shape index (κ3) is 2.84. The zero-order valence-corrected chi connectivity index (χ0v) is 15.5. The Morgan fingerprint density at radius 1 is 0.963 bits per heavy atom. The van der Waals surface area contributed by atoms with Crippen molar-refractivity contribution in [1.82, 2.24) is 19.3 Å². The second kappa shape index (κ2) is 6.39. The number of carbonyl (C=O) groups is 3. The number of piperidine rings is 1. The molecular weight excluding hydrogens is 344 g/mol. The van der Waals surface area contributed by atoms with Crippen molar-refractivity contribution >= 4 is 17.8 Å². The first-order valence-electron chi connectivity index (χ1n) is 10.2. The van der Waals surface area contributed by atoms with E-state index in [1.54, 1.807) is 4.57 Å². The summed E-state index contributed by atoms with van der Waals surface area (Å²) in [7, 11) is 0. The van der Waals surface area contributed by atoms with Crippen molar-refractivity contribution in [1.29, 1.82) is 0 Å². The number of rotatable bonds is 3. The van der Waals surface area contributed by atoms with Gasteiger partial charge in [0, 0.05) is 43.5 Å². The molecule has 1 unspecified atom stereocenters. The molecule has 144 valence electrons. The molecule has 0 radical (unpaired) electrons. The highest BCUT2D eigenvalue weighted by Crippen LogP contribution is 2.34. The van der Waals surface area contributed by atoms with E-state index in [-0.39, 0.29) is 35.8 Å². The van der Waals surface area contributed by atoms with Crippen molar-refractivity contribution < 1.29 is 14.4 Å². The summed E-state index contributed by atoms with van der Waals surface area (Å²) in [6.07, 6.45) is 7.12. The number of hydrogen-bond acceptors (Lipinski definition) is 3. The van der Waals surface area contributed by atoms with Crippen molar-refractivity contribution in [2.24, 2.45) is 5.92 Å². The fourth-order valence-corrected chi connectivity index (χ4v) is 4.86. The van der Waals surface area contributed by atoms with Gasteiger partial charge in [-0.25, -0.2) is 4.79 Å². The van der Waals surface area contributed by atoms with Gasteiger partial charge in [0.15, 0.2) is 0 Å². The number of likely N-dealkylation sites (tertiary alicyclic amines) is 2. The average Bonchev–Trinajstić information content (AvgIpc) is 3.12. The van der Waals surface area contributed by atoms with E-state index in [0.717, 1.165) is 50.8 Å². The van der Waals surface area contributed by atoms with Gasteiger partial charge in [0.25, 0.3) is 0 Å². The zero-order chi connectivity index (χ0) is 18.5. The van der Waals surface area contributed by atoms with Crippen molar-refractivity contribution in [2.75, 3.05) is 19.6 Å². The summed E-state index contributed by atoms with van der Waals surface area (Å²) in [5.74, 6) is 0.465. The van der Waals surface area contributed by atoms with E-state index in [4.69, 9.17) is 0 Å². The van der Waals surface area contributed by atoms with E-state index in [9.17, 15) is 14.4 Å². The maximum Gasteiger partial charge on any atom is 0.329 e. The van der Waals surface area contributed by atoms with Crippen molar-refractivity contribution in [3.63, 3.8) is 0 Å². The molecule has 1 aliphatic carbocycles. The summed E-state index contributed by atoms with van der Waals surface area (Å²) < 4.78 is 1.72. The Labute approximate surface area is 158 Å². The Kier molecular flexibility index (Phi) is 3.98. The first kappa shape index (κ1) is 16.8. The van der Waals surface area contributed by atoms with Gasteiger partial charge in [0.2, 0.25) is 11.8 Å². The SMILES string of the molecule is O=C(C1CCCN1C(=O)C1CC1)N1CCC(N2Cc3cccn3C2=O)CC1. The van der Waals surface area contributed by atoms with Crippen molar-refractivity contribution in [3.05, 3.63) is 24.0 Å². The van der Waals surface area contributed by atoms with Crippen LogP contribution < -0.4 is 0 Å². The van der Waals surface area contributed by atoms with Gasteiger partial charge >= 0.3 is 6.03 Å². The van der Waals surface area contributed by atoms with Gasteiger partial charge in [-0.1, -0.05) is 0 Å². The van der Waals surface area contributed by atoms with E-state index in [1.165, 1.54) is 0 Å². The molecule has 0 spiro atoms. The van der Waals surface area contributed by atoms with Crippen molar-refractivity contribution in [3.8, 4) is 0 Å². The highest BCUT2D eigenvalue weighted by Gasteiger charge is 2.43. The quantitative estimate of drug-likeness (QED) is 0.813. The Morgan fingerprint density at radius 2 is 1.74 bits per heavy atom. The fourth-order valence-electron chi connectivity index (χ4n) is 4.86. The number of amides is 3. The molecule has 0 bridgehead atoms. The predicted octanol–water partition coefficient (Wildman–Crippen LogP) is 1.66. The van der Waals surface area contributed by atoms with Crippen LogP contribution in [-0.4, -0.2) is 68.8 Å². The normalized spacial score (nSPS) is 26.0. The summed E-state index contributed by atoms with van der Waals surface area (Å²) in [5.41, 5.74) is 1.04. The average molecular weight is 370 g/mol. The molecule has 1 aromatic rings. The van der Waals surface area contributed by atoms with E-state index in [1.807, 2.05) is 33.0 Å². The number of fused-ring (bicyclic) bond motifs is 1. The lowest BCUT2D eigenvalue weighted by atomic mass is 10.0. The largest absolute Gasteiger partial charge is 0.341 e. The summed E-state index contributed by atoms with van der Waals surface area (Å²) in [5, 5.41) is 0. The van der Waals surface area contributed by atoms with Crippen LogP contribution in [0.5, 0.6) is 0 Å². The minimum Gasteiger partial charge on any atom is -0.341 e. The minimum absolute atomic E-state index is 0.0526. The lowest BCUT2D eigenvalue weighted by molar-refractivity contribution is -0.145. The Morgan fingerprint density at radius 3 is 2.44 bits per heavy atom. The van der Waals surface area contributed by atoms with Crippen LogP contribution in [0, 0.1) is 5.92 Å². The molecule has 27 heavy (non-hydrogen) atoms. The Hall–Kier alpha value is -2.31. The number of carbonyl (C=O) groups excluding carboxylic acids is 3. The predicted molar refractivity (Wildman–Crippen MR) is 97.8 cm³/mol. The van der Waals surface area contributed by atoms with Gasteiger partial charge < -0.3 is 14.7 Å².